The molecule has 1 rings (SSSR count). The Morgan fingerprint density at radius 2 is 2.14 bits per heavy atom. The van der Waals surface area contributed by atoms with E-state index < -0.39 is 0 Å². The van der Waals surface area contributed by atoms with Crippen molar-refractivity contribution in [2.45, 2.75) is 32.6 Å². The van der Waals surface area contributed by atoms with Crippen molar-refractivity contribution in [1.29, 1.82) is 0 Å². The zero-order chi connectivity index (χ0) is 10.3. The number of nitrogens with two attached hydrogens (primary N) is 1. The van der Waals surface area contributed by atoms with E-state index in [9.17, 15) is 0 Å². The van der Waals surface area contributed by atoms with Gasteiger partial charge in [-0.1, -0.05) is 13.3 Å². The molecule has 0 aromatic carbocycles. The lowest BCUT2D eigenvalue weighted by atomic mass is 10.0. The van der Waals surface area contributed by atoms with Crippen LogP contribution in [0.2, 0.25) is 0 Å². The van der Waals surface area contributed by atoms with Crippen molar-refractivity contribution in [1.82, 2.24) is 5.32 Å². The third-order valence-electron chi connectivity index (χ3n) is 2.92. The number of nitrogens with one attached hydrogen (secondary N) is 1. The predicted octanol–water partition coefficient (Wildman–Crippen LogP) is 1.13. The Balaban J connectivity index is 1.88. The van der Waals surface area contributed by atoms with Gasteiger partial charge in [-0.15, -0.1) is 0 Å². The Morgan fingerprint density at radius 3 is 2.71 bits per heavy atom. The minimum absolute atomic E-state index is 0.625. The van der Waals surface area contributed by atoms with E-state index in [4.69, 9.17) is 10.5 Å². The van der Waals surface area contributed by atoms with E-state index >= 15 is 0 Å². The van der Waals surface area contributed by atoms with Crippen molar-refractivity contribution >= 4 is 0 Å². The quantitative estimate of drug-likeness (QED) is 0.549. The van der Waals surface area contributed by atoms with Crippen molar-refractivity contribution < 1.29 is 4.74 Å². The lowest BCUT2D eigenvalue weighted by Gasteiger charge is -2.14. The van der Waals surface area contributed by atoms with Crippen LogP contribution < -0.4 is 11.1 Å². The molecule has 0 aliphatic heterocycles. The van der Waals surface area contributed by atoms with Crippen molar-refractivity contribution in [3.05, 3.63) is 0 Å². The maximum atomic E-state index is 5.32. The molecule has 84 valence electrons. The summed E-state index contributed by atoms with van der Waals surface area (Å²) in [6.07, 6.45) is 5.52. The first-order valence-corrected chi connectivity index (χ1v) is 5.81. The molecule has 0 unspecified atom stereocenters. The number of hydrogen-bond acceptors (Lipinski definition) is 3. The van der Waals surface area contributed by atoms with Gasteiger partial charge in [0.1, 0.15) is 0 Å². The Morgan fingerprint density at radius 1 is 1.36 bits per heavy atom. The molecule has 0 amide bonds. The van der Waals surface area contributed by atoms with Gasteiger partial charge in [0.05, 0.1) is 13.2 Å². The Kier molecular flexibility index (Phi) is 5.45. The van der Waals surface area contributed by atoms with Gasteiger partial charge in [0.2, 0.25) is 0 Å². The molecule has 0 radical (unpaired) electrons. The molecule has 1 fully saturated rings. The van der Waals surface area contributed by atoms with Crippen LogP contribution in [0.1, 0.15) is 32.6 Å². The van der Waals surface area contributed by atoms with Gasteiger partial charge >= 0.3 is 0 Å². The van der Waals surface area contributed by atoms with Crippen LogP contribution in [0.15, 0.2) is 0 Å². The lowest BCUT2D eigenvalue weighted by molar-refractivity contribution is 0.142. The van der Waals surface area contributed by atoms with E-state index in [1.165, 1.54) is 32.2 Å². The van der Waals surface area contributed by atoms with Gasteiger partial charge in [-0.05, 0) is 24.7 Å². The summed E-state index contributed by atoms with van der Waals surface area (Å²) in [5.41, 5.74) is 5.97. The van der Waals surface area contributed by atoms with Gasteiger partial charge < -0.3 is 15.8 Å². The second-order valence-corrected chi connectivity index (χ2v) is 4.33. The maximum absolute atomic E-state index is 5.32. The van der Waals surface area contributed by atoms with Crippen LogP contribution in [-0.2, 0) is 4.74 Å². The van der Waals surface area contributed by atoms with Crippen molar-refractivity contribution in [3.8, 4) is 0 Å². The third kappa shape index (κ3) is 4.40. The number of rotatable bonds is 9. The Bertz CT molecular complexity index is 146. The summed E-state index contributed by atoms with van der Waals surface area (Å²) >= 11 is 0. The van der Waals surface area contributed by atoms with Crippen LogP contribution in [0.4, 0.5) is 0 Å². The van der Waals surface area contributed by atoms with Crippen LogP contribution in [0.25, 0.3) is 0 Å². The summed E-state index contributed by atoms with van der Waals surface area (Å²) in [4.78, 5) is 0. The van der Waals surface area contributed by atoms with Gasteiger partial charge in [-0.2, -0.15) is 0 Å². The van der Waals surface area contributed by atoms with Crippen molar-refractivity contribution in [3.63, 3.8) is 0 Å². The number of hydrogen-bond donors (Lipinski definition) is 2. The molecule has 1 aliphatic carbocycles. The molecular formula is C11H24N2O. The molecule has 3 N–H and O–H groups in total. The van der Waals surface area contributed by atoms with E-state index in [1.807, 2.05) is 0 Å². The third-order valence-corrected chi connectivity index (χ3v) is 2.92. The van der Waals surface area contributed by atoms with E-state index in [2.05, 4.69) is 12.2 Å². The van der Waals surface area contributed by atoms with Crippen LogP contribution in [0.5, 0.6) is 0 Å². The highest BCUT2D eigenvalue weighted by molar-refractivity contribution is 4.94. The largest absolute Gasteiger partial charge is 0.379 e. The van der Waals surface area contributed by atoms with Gasteiger partial charge in [0.15, 0.2) is 0 Å². The van der Waals surface area contributed by atoms with Crippen molar-refractivity contribution in [2.75, 3.05) is 32.8 Å². The second-order valence-electron chi connectivity index (χ2n) is 4.33. The highest BCUT2D eigenvalue weighted by Crippen LogP contribution is 2.48. The van der Waals surface area contributed by atoms with Gasteiger partial charge in [0, 0.05) is 19.6 Å². The minimum atomic E-state index is 0.625. The van der Waals surface area contributed by atoms with Crippen LogP contribution in [-0.4, -0.2) is 32.8 Å². The average Bonchev–Trinajstić information content (AvgIpc) is 2.93. The molecule has 0 heterocycles. The first-order valence-electron chi connectivity index (χ1n) is 5.81. The van der Waals surface area contributed by atoms with Gasteiger partial charge in [-0.25, -0.2) is 0 Å². The molecule has 0 spiro atoms. The van der Waals surface area contributed by atoms with E-state index in [1.54, 1.807) is 0 Å². The molecule has 0 bridgehead atoms. The summed E-state index contributed by atoms with van der Waals surface area (Å²) in [6, 6.07) is 0. The summed E-state index contributed by atoms with van der Waals surface area (Å²) in [7, 11) is 0. The van der Waals surface area contributed by atoms with E-state index in [0.717, 1.165) is 13.2 Å². The molecular weight excluding hydrogens is 176 g/mol. The molecule has 1 aliphatic rings. The lowest BCUT2D eigenvalue weighted by Crippen LogP contribution is -2.27. The highest BCUT2D eigenvalue weighted by atomic mass is 16.5. The normalized spacial score (nSPS) is 18.4. The summed E-state index contributed by atoms with van der Waals surface area (Å²) in [5.74, 6) is 0. The Hall–Kier alpha value is -0.120. The molecule has 3 nitrogen and oxygen atoms in total. The zero-order valence-electron chi connectivity index (χ0n) is 9.35. The second kappa shape index (κ2) is 6.38. The number of ether oxygens (including phenoxy) is 1. The summed E-state index contributed by atoms with van der Waals surface area (Å²) < 4.78 is 5.29. The van der Waals surface area contributed by atoms with Crippen LogP contribution in [0, 0.1) is 5.41 Å². The van der Waals surface area contributed by atoms with E-state index in [0.29, 0.717) is 18.6 Å². The molecule has 0 saturated heterocycles. The zero-order valence-corrected chi connectivity index (χ0v) is 9.35. The Labute approximate surface area is 87.4 Å². The van der Waals surface area contributed by atoms with Crippen LogP contribution in [0.3, 0.4) is 0 Å². The van der Waals surface area contributed by atoms with E-state index in [-0.39, 0.29) is 0 Å². The standard InChI is InChI=1S/C11H24N2O/c1-2-3-11(4-5-11)10-13-7-9-14-8-6-12/h13H,2-10,12H2,1H3. The molecule has 0 aromatic heterocycles. The highest BCUT2D eigenvalue weighted by Gasteiger charge is 2.40. The molecule has 1 saturated carbocycles. The van der Waals surface area contributed by atoms with Crippen LogP contribution >= 0.6 is 0 Å². The topological polar surface area (TPSA) is 47.3 Å². The fourth-order valence-electron chi connectivity index (χ4n) is 1.91. The fraction of sp³-hybridized carbons (Fsp3) is 1.00. The molecule has 14 heavy (non-hydrogen) atoms. The monoisotopic (exact) mass is 200 g/mol. The summed E-state index contributed by atoms with van der Waals surface area (Å²) in [6.45, 7) is 6.50. The maximum Gasteiger partial charge on any atom is 0.0591 e. The van der Waals surface area contributed by atoms with Gasteiger partial charge in [-0.3, -0.25) is 0 Å². The smallest absolute Gasteiger partial charge is 0.0591 e. The first kappa shape index (κ1) is 12.0. The average molecular weight is 200 g/mol. The minimum Gasteiger partial charge on any atom is -0.379 e. The van der Waals surface area contributed by atoms with Crippen molar-refractivity contribution in [2.24, 2.45) is 11.1 Å². The predicted molar refractivity (Wildman–Crippen MR) is 59.3 cm³/mol. The summed E-state index contributed by atoms with van der Waals surface area (Å²) in [5, 5.41) is 3.47. The van der Waals surface area contributed by atoms with Gasteiger partial charge in [0.25, 0.3) is 0 Å². The molecule has 3 heteroatoms. The molecule has 0 aromatic rings. The fourth-order valence-corrected chi connectivity index (χ4v) is 1.91. The molecule has 0 atom stereocenters. The SMILES string of the molecule is CCCC1(CNCCOCCN)CC1. The first-order chi connectivity index (χ1) is 6.83.